The standard InChI is InChI=1S/C15H26N2O2S/c1-4-20-11-7-10-17-13(19)15(8-5-6-9-15)16-12(18)14(17,2)3/h4-11H2,1-3H3,(H,16,18). The molecule has 2 fully saturated rings. The van der Waals surface area contributed by atoms with Crippen LogP contribution in [-0.2, 0) is 9.59 Å². The Kier molecular flexibility index (Phi) is 4.67. The van der Waals surface area contributed by atoms with Crippen LogP contribution in [0.2, 0.25) is 0 Å². The number of amides is 2. The lowest BCUT2D eigenvalue weighted by Gasteiger charge is -2.48. The molecular weight excluding hydrogens is 272 g/mol. The summed E-state index contributed by atoms with van der Waals surface area (Å²) >= 11 is 1.88. The fraction of sp³-hybridized carbons (Fsp3) is 0.867. The van der Waals surface area contributed by atoms with Gasteiger partial charge in [0.2, 0.25) is 11.8 Å². The zero-order valence-electron chi connectivity index (χ0n) is 12.8. The van der Waals surface area contributed by atoms with E-state index in [0.717, 1.165) is 43.6 Å². The van der Waals surface area contributed by atoms with Crippen molar-refractivity contribution in [3.8, 4) is 0 Å². The van der Waals surface area contributed by atoms with Gasteiger partial charge in [-0.3, -0.25) is 9.59 Å². The number of piperazine rings is 1. The van der Waals surface area contributed by atoms with Crippen LogP contribution < -0.4 is 5.32 Å². The number of nitrogens with zero attached hydrogens (tertiary/aromatic N) is 1. The van der Waals surface area contributed by atoms with Crippen LogP contribution in [0.1, 0.15) is 52.9 Å². The maximum Gasteiger partial charge on any atom is 0.249 e. The predicted octanol–water partition coefficient (Wildman–Crippen LogP) is 2.18. The van der Waals surface area contributed by atoms with Gasteiger partial charge in [-0.2, -0.15) is 11.8 Å². The van der Waals surface area contributed by atoms with Gasteiger partial charge in [0.15, 0.2) is 0 Å². The smallest absolute Gasteiger partial charge is 0.249 e. The van der Waals surface area contributed by atoms with E-state index in [1.165, 1.54) is 0 Å². The van der Waals surface area contributed by atoms with Gasteiger partial charge < -0.3 is 10.2 Å². The highest BCUT2D eigenvalue weighted by Gasteiger charge is 2.54. The molecule has 1 N–H and O–H groups in total. The topological polar surface area (TPSA) is 49.4 Å². The second kappa shape index (κ2) is 5.96. The largest absolute Gasteiger partial charge is 0.340 e. The Morgan fingerprint density at radius 3 is 2.50 bits per heavy atom. The molecule has 1 saturated heterocycles. The van der Waals surface area contributed by atoms with E-state index in [2.05, 4.69) is 12.2 Å². The van der Waals surface area contributed by atoms with Gasteiger partial charge in [0.05, 0.1) is 0 Å². The highest BCUT2D eigenvalue weighted by molar-refractivity contribution is 7.99. The van der Waals surface area contributed by atoms with Gasteiger partial charge in [-0.25, -0.2) is 0 Å². The summed E-state index contributed by atoms with van der Waals surface area (Å²) in [7, 11) is 0. The summed E-state index contributed by atoms with van der Waals surface area (Å²) < 4.78 is 0. The first-order valence-electron chi connectivity index (χ1n) is 7.66. The van der Waals surface area contributed by atoms with E-state index >= 15 is 0 Å². The van der Waals surface area contributed by atoms with E-state index in [-0.39, 0.29) is 11.8 Å². The van der Waals surface area contributed by atoms with Gasteiger partial charge in [0, 0.05) is 6.54 Å². The zero-order valence-corrected chi connectivity index (χ0v) is 13.6. The van der Waals surface area contributed by atoms with Crippen LogP contribution in [0.4, 0.5) is 0 Å². The minimum Gasteiger partial charge on any atom is -0.340 e. The van der Waals surface area contributed by atoms with Crippen molar-refractivity contribution in [2.24, 2.45) is 0 Å². The van der Waals surface area contributed by atoms with Gasteiger partial charge >= 0.3 is 0 Å². The average Bonchev–Trinajstić information content (AvgIpc) is 2.86. The molecule has 1 spiro atoms. The molecular formula is C15H26N2O2S. The van der Waals surface area contributed by atoms with Crippen molar-refractivity contribution in [2.75, 3.05) is 18.1 Å². The van der Waals surface area contributed by atoms with Crippen molar-refractivity contribution < 1.29 is 9.59 Å². The predicted molar refractivity (Wildman–Crippen MR) is 82.7 cm³/mol. The second-order valence-corrected chi connectivity index (χ2v) is 7.70. The maximum atomic E-state index is 12.9. The molecule has 5 heteroatoms. The molecule has 0 bridgehead atoms. The molecule has 1 saturated carbocycles. The van der Waals surface area contributed by atoms with Gasteiger partial charge in [-0.15, -0.1) is 0 Å². The van der Waals surface area contributed by atoms with Crippen molar-refractivity contribution in [1.29, 1.82) is 0 Å². The minimum absolute atomic E-state index is 0.00199. The Bertz CT molecular complexity index is 389. The molecule has 2 amide bonds. The summed E-state index contributed by atoms with van der Waals surface area (Å²) in [5, 5.41) is 3.03. The van der Waals surface area contributed by atoms with E-state index in [0.29, 0.717) is 6.54 Å². The third kappa shape index (κ3) is 2.69. The van der Waals surface area contributed by atoms with Crippen LogP contribution in [-0.4, -0.2) is 45.8 Å². The van der Waals surface area contributed by atoms with E-state index in [1.807, 2.05) is 30.5 Å². The summed E-state index contributed by atoms with van der Waals surface area (Å²) in [6.45, 7) is 6.54. The molecule has 0 aromatic heterocycles. The molecule has 1 aliphatic heterocycles. The van der Waals surface area contributed by atoms with E-state index in [1.54, 1.807) is 0 Å². The van der Waals surface area contributed by atoms with Crippen molar-refractivity contribution in [2.45, 2.75) is 64.0 Å². The Morgan fingerprint density at radius 1 is 1.25 bits per heavy atom. The summed E-state index contributed by atoms with van der Waals surface area (Å²) in [6.07, 6.45) is 4.62. The summed E-state index contributed by atoms with van der Waals surface area (Å²) in [4.78, 5) is 27.1. The van der Waals surface area contributed by atoms with Gasteiger partial charge in [-0.05, 0) is 44.6 Å². The Morgan fingerprint density at radius 2 is 1.90 bits per heavy atom. The van der Waals surface area contributed by atoms with Crippen molar-refractivity contribution in [3.63, 3.8) is 0 Å². The summed E-state index contributed by atoms with van der Waals surface area (Å²) in [5.74, 6) is 2.29. The van der Waals surface area contributed by atoms with Crippen molar-refractivity contribution >= 4 is 23.6 Å². The van der Waals surface area contributed by atoms with Crippen molar-refractivity contribution in [1.82, 2.24) is 10.2 Å². The molecule has 1 aliphatic carbocycles. The molecule has 20 heavy (non-hydrogen) atoms. The van der Waals surface area contributed by atoms with Crippen molar-refractivity contribution in [3.05, 3.63) is 0 Å². The molecule has 2 rings (SSSR count). The highest BCUT2D eigenvalue weighted by Crippen LogP contribution is 2.37. The summed E-state index contributed by atoms with van der Waals surface area (Å²) in [5.41, 5.74) is -1.31. The molecule has 114 valence electrons. The van der Waals surface area contributed by atoms with Crippen LogP contribution in [0.5, 0.6) is 0 Å². The molecule has 2 aliphatic rings. The van der Waals surface area contributed by atoms with E-state index in [4.69, 9.17) is 0 Å². The first-order chi connectivity index (χ1) is 9.44. The number of carbonyl (C=O) groups excluding carboxylic acids is 2. The number of rotatable bonds is 5. The normalized spacial score (nSPS) is 24.2. The number of carbonyl (C=O) groups is 2. The quantitative estimate of drug-likeness (QED) is 0.792. The molecule has 0 aromatic rings. The Hall–Kier alpha value is -0.710. The highest BCUT2D eigenvalue weighted by atomic mass is 32.2. The van der Waals surface area contributed by atoms with Gasteiger partial charge in [-0.1, -0.05) is 19.8 Å². The molecule has 0 aromatic carbocycles. The minimum atomic E-state index is -0.720. The lowest BCUT2D eigenvalue weighted by atomic mass is 9.86. The molecule has 0 radical (unpaired) electrons. The number of hydrogen-bond donors (Lipinski definition) is 1. The third-order valence-electron chi connectivity index (χ3n) is 4.57. The third-order valence-corrected chi connectivity index (χ3v) is 5.56. The molecule has 1 heterocycles. The monoisotopic (exact) mass is 298 g/mol. The molecule has 0 unspecified atom stereocenters. The van der Waals surface area contributed by atoms with Gasteiger partial charge in [0.1, 0.15) is 11.1 Å². The molecule has 0 atom stereocenters. The lowest BCUT2D eigenvalue weighted by molar-refractivity contribution is -0.160. The van der Waals surface area contributed by atoms with Crippen LogP contribution >= 0.6 is 11.8 Å². The van der Waals surface area contributed by atoms with Crippen LogP contribution in [0.3, 0.4) is 0 Å². The van der Waals surface area contributed by atoms with Gasteiger partial charge in [0.25, 0.3) is 0 Å². The summed E-state index contributed by atoms with van der Waals surface area (Å²) in [6, 6.07) is 0. The number of hydrogen-bond acceptors (Lipinski definition) is 3. The Labute approximate surface area is 126 Å². The lowest BCUT2D eigenvalue weighted by Crippen LogP contribution is -2.73. The first kappa shape index (κ1) is 15.7. The second-order valence-electron chi connectivity index (χ2n) is 6.31. The number of nitrogens with one attached hydrogen (secondary N) is 1. The fourth-order valence-electron chi connectivity index (χ4n) is 3.23. The maximum absolute atomic E-state index is 12.9. The van der Waals surface area contributed by atoms with Crippen LogP contribution in [0.15, 0.2) is 0 Å². The molecule has 4 nitrogen and oxygen atoms in total. The Balaban J connectivity index is 2.11. The fourth-order valence-corrected chi connectivity index (χ4v) is 3.85. The van der Waals surface area contributed by atoms with E-state index < -0.39 is 11.1 Å². The number of thioether (sulfide) groups is 1. The SMILES string of the molecule is CCSCCCN1C(=O)C2(CCCC2)NC(=O)C1(C)C. The average molecular weight is 298 g/mol. The van der Waals surface area contributed by atoms with E-state index in [9.17, 15) is 9.59 Å². The first-order valence-corrected chi connectivity index (χ1v) is 8.82. The van der Waals surface area contributed by atoms with Crippen LogP contribution in [0.25, 0.3) is 0 Å². The zero-order chi connectivity index (χ0) is 14.8. The van der Waals surface area contributed by atoms with Crippen LogP contribution in [0, 0.1) is 0 Å².